The van der Waals surface area contributed by atoms with Crippen molar-refractivity contribution in [1.82, 2.24) is 0 Å². The first-order valence-corrected chi connectivity index (χ1v) is 6.18. The van der Waals surface area contributed by atoms with Crippen LogP contribution in [-0.2, 0) is 0 Å². The van der Waals surface area contributed by atoms with E-state index >= 15 is 0 Å². The molecule has 0 radical (unpaired) electrons. The molecule has 0 heterocycles. The number of benzene rings is 1. The van der Waals surface area contributed by atoms with Gasteiger partial charge in [0.05, 0.1) is 23.8 Å². The zero-order chi connectivity index (χ0) is 13.5. The fourth-order valence-electron chi connectivity index (χ4n) is 1.77. The number of methoxy groups -OCH3 is 1. The molecule has 5 nitrogen and oxygen atoms in total. The summed E-state index contributed by atoms with van der Waals surface area (Å²) in [6, 6.07) is 4.62. The molecule has 100 valence electrons. The van der Waals surface area contributed by atoms with Gasteiger partial charge in [-0.2, -0.15) is 0 Å². The van der Waals surface area contributed by atoms with E-state index in [1.54, 1.807) is 6.07 Å². The van der Waals surface area contributed by atoms with Crippen molar-refractivity contribution in [3.63, 3.8) is 0 Å². The number of anilines is 1. The van der Waals surface area contributed by atoms with Crippen LogP contribution < -0.4 is 10.1 Å². The topological polar surface area (TPSA) is 64.4 Å². The smallest absolute Gasteiger partial charge is 0.273 e. The van der Waals surface area contributed by atoms with Crippen molar-refractivity contribution in [2.75, 3.05) is 19.0 Å². The number of nitro groups is 1. The van der Waals surface area contributed by atoms with Crippen LogP contribution in [0.5, 0.6) is 5.75 Å². The lowest BCUT2D eigenvalue weighted by atomic mass is 10.0. The third kappa shape index (κ3) is 3.61. The van der Waals surface area contributed by atoms with Gasteiger partial charge in [0.2, 0.25) is 0 Å². The largest absolute Gasteiger partial charge is 0.494 e. The first-order chi connectivity index (χ1) is 8.62. The van der Waals surface area contributed by atoms with Gasteiger partial charge in [-0.15, -0.1) is 0 Å². The highest BCUT2D eigenvalue weighted by molar-refractivity contribution is 5.60. The molecule has 18 heavy (non-hydrogen) atoms. The predicted octanol–water partition coefficient (Wildman–Crippen LogP) is 3.45. The lowest BCUT2D eigenvalue weighted by Gasteiger charge is -2.16. The SMILES string of the molecule is CCC(CC)CNc1ccc([N+](=O)[O-])cc1OC. The van der Waals surface area contributed by atoms with Gasteiger partial charge in [0.15, 0.2) is 0 Å². The summed E-state index contributed by atoms with van der Waals surface area (Å²) < 4.78 is 5.17. The number of hydrogen-bond donors (Lipinski definition) is 1. The summed E-state index contributed by atoms with van der Waals surface area (Å²) in [5.74, 6) is 1.11. The summed E-state index contributed by atoms with van der Waals surface area (Å²) in [5.41, 5.74) is 0.843. The second-order valence-corrected chi connectivity index (χ2v) is 4.21. The van der Waals surface area contributed by atoms with Crippen molar-refractivity contribution < 1.29 is 9.66 Å². The molecule has 0 spiro atoms. The van der Waals surface area contributed by atoms with Gasteiger partial charge < -0.3 is 10.1 Å². The standard InChI is InChI=1S/C13H20N2O3/c1-4-10(5-2)9-14-12-7-6-11(15(16)17)8-13(12)18-3/h6-8,10,14H,4-5,9H2,1-3H3. The van der Waals surface area contributed by atoms with E-state index in [-0.39, 0.29) is 5.69 Å². The molecule has 1 rings (SSSR count). The fraction of sp³-hybridized carbons (Fsp3) is 0.538. The molecule has 0 aliphatic rings. The van der Waals surface area contributed by atoms with Crippen molar-refractivity contribution in [2.45, 2.75) is 26.7 Å². The van der Waals surface area contributed by atoms with Crippen molar-refractivity contribution in [3.8, 4) is 5.75 Å². The summed E-state index contributed by atoms with van der Waals surface area (Å²) in [5, 5.41) is 14.0. The summed E-state index contributed by atoms with van der Waals surface area (Å²) in [6.45, 7) is 5.16. The molecule has 1 aromatic rings. The van der Waals surface area contributed by atoms with E-state index in [4.69, 9.17) is 4.74 Å². The number of hydrogen-bond acceptors (Lipinski definition) is 4. The number of rotatable bonds is 7. The molecule has 0 unspecified atom stereocenters. The van der Waals surface area contributed by atoms with Crippen molar-refractivity contribution in [3.05, 3.63) is 28.3 Å². The number of ether oxygens (including phenoxy) is 1. The Bertz CT molecular complexity index is 403. The van der Waals surface area contributed by atoms with Gasteiger partial charge in [-0.1, -0.05) is 26.7 Å². The monoisotopic (exact) mass is 252 g/mol. The predicted molar refractivity (Wildman–Crippen MR) is 72.2 cm³/mol. The maximum absolute atomic E-state index is 10.7. The Morgan fingerprint density at radius 2 is 2.06 bits per heavy atom. The first kappa shape index (κ1) is 14.3. The Kier molecular flexibility index (Phi) is 5.42. The summed E-state index contributed by atoms with van der Waals surface area (Å²) in [7, 11) is 1.52. The Balaban J connectivity index is 2.79. The van der Waals surface area contributed by atoms with Gasteiger partial charge in [-0.05, 0) is 12.0 Å². The van der Waals surface area contributed by atoms with Gasteiger partial charge in [-0.3, -0.25) is 10.1 Å². The zero-order valence-corrected chi connectivity index (χ0v) is 11.1. The third-order valence-electron chi connectivity index (χ3n) is 3.13. The minimum atomic E-state index is -0.423. The van der Waals surface area contributed by atoms with Crippen LogP contribution in [0.4, 0.5) is 11.4 Å². The average molecular weight is 252 g/mol. The zero-order valence-electron chi connectivity index (χ0n) is 11.1. The Hall–Kier alpha value is -1.78. The van der Waals surface area contributed by atoms with E-state index in [1.807, 2.05) is 0 Å². The summed E-state index contributed by atoms with van der Waals surface area (Å²) in [6.07, 6.45) is 2.22. The normalized spacial score (nSPS) is 10.4. The van der Waals surface area contributed by atoms with Crippen LogP contribution in [0.2, 0.25) is 0 Å². The minimum absolute atomic E-state index is 0.0416. The highest BCUT2D eigenvalue weighted by Gasteiger charge is 2.12. The molecule has 0 saturated heterocycles. The van der Waals surface area contributed by atoms with Crippen LogP contribution >= 0.6 is 0 Å². The fourth-order valence-corrected chi connectivity index (χ4v) is 1.77. The molecule has 1 N–H and O–H groups in total. The molecular formula is C13H20N2O3. The first-order valence-electron chi connectivity index (χ1n) is 6.18. The van der Waals surface area contributed by atoms with Crippen LogP contribution in [0.25, 0.3) is 0 Å². The molecule has 0 bridgehead atoms. The van der Waals surface area contributed by atoms with Crippen LogP contribution in [0.15, 0.2) is 18.2 Å². The lowest BCUT2D eigenvalue weighted by Crippen LogP contribution is -2.13. The molecule has 0 aliphatic carbocycles. The lowest BCUT2D eigenvalue weighted by molar-refractivity contribution is -0.384. The van der Waals surface area contributed by atoms with Crippen molar-refractivity contribution >= 4 is 11.4 Å². The average Bonchev–Trinajstić information content (AvgIpc) is 2.39. The molecular weight excluding hydrogens is 232 g/mol. The Labute approximate surface area is 107 Å². The minimum Gasteiger partial charge on any atom is -0.494 e. The van der Waals surface area contributed by atoms with Gasteiger partial charge in [0.1, 0.15) is 5.75 Å². The second kappa shape index (κ2) is 6.83. The quantitative estimate of drug-likeness (QED) is 0.596. The van der Waals surface area contributed by atoms with Crippen LogP contribution in [0.3, 0.4) is 0 Å². The van der Waals surface area contributed by atoms with Crippen molar-refractivity contribution in [1.29, 1.82) is 0 Å². The van der Waals surface area contributed by atoms with E-state index in [1.165, 1.54) is 19.2 Å². The highest BCUT2D eigenvalue weighted by Crippen LogP contribution is 2.29. The molecule has 0 aliphatic heterocycles. The van der Waals surface area contributed by atoms with Gasteiger partial charge in [0, 0.05) is 12.6 Å². The summed E-state index contributed by atoms with van der Waals surface area (Å²) >= 11 is 0. The second-order valence-electron chi connectivity index (χ2n) is 4.21. The molecule has 0 amide bonds. The van der Waals surface area contributed by atoms with E-state index in [2.05, 4.69) is 19.2 Å². The number of nitrogens with zero attached hydrogens (tertiary/aromatic N) is 1. The Morgan fingerprint density at radius 3 is 2.56 bits per heavy atom. The molecule has 1 aromatic carbocycles. The van der Waals surface area contributed by atoms with Crippen LogP contribution in [0.1, 0.15) is 26.7 Å². The van der Waals surface area contributed by atoms with Gasteiger partial charge in [0.25, 0.3) is 5.69 Å². The molecule has 0 fully saturated rings. The number of non-ortho nitro benzene ring substituents is 1. The maximum Gasteiger partial charge on any atom is 0.273 e. The van der Waals surface area contributed by atoms with Gasteiger partial charge in [-0.25, -0.2) is 0 Å². The number of nitro benzene ring substituents is 1. The Morgan fingerprint density at radius 1 is 1.39 bits per heavy atom. The molecule has 5 heteroatoms. The van der Waals surface area contributed by atoms with E-state index in [9.17, 15) is 10.1 Å². The molecule has 0 atom stereocenters. The van der Waals surface area contributed by atoms with Crippen LogP contribution in [0, 0.1) is 16.0 Å². The summed E-state index contributed by atoms with van der Waals surface area (Å²) in [4.78, 5) is 10.2. The maximum atomic E-state index is 10.7. The third-order valence-corrected chi connectivity index (χ3v) is 3.13. The van der Waals surface area contributed by atoms with Crippen molar-refractivity contribution in [2.24, 2.45) is 5.92 Å². The van der Waals surface area contributed by atoms with E-state index in [0.29, 0.717) is 11.7 Å². The molecule has 0 aromatic heterocycles. The number of nitrogens with one attached hydrogen (secondary N) is 1. The van der Waals surface area contributed by atoms with E-state index < -0.39 is 4.92 Å². The molecule has 0 saturated carbocycles. The van der Waals surface area contributed by atoms with E-state index in [0.717, 1.165) is 25.1 Å². The highest BCUT2D eigenvalue weighted by atomic mass is 16.6. The van der Waals surface area contributed by atoms with Crippen LogP contribution in [-0.4, -0.2) is 18.6 Å². The van der Waals surface area contributed by atoms with Gasteiger partial charge >= 0.3 is 0 Å².